The Kier molecular flexibility index (Phi) is 6.14. The minimum absolute atomic E-state index is 0.00285. The molecule has 0 bridgehead atoms. The number of pyridine rings is 1. The van der Waals surface area contributed by atoms with Crippen molar-refractivity contribution in [3.8, 4) is 0 Å². The standard InChI is InChI=1S/C15H23N3O3/c1-5-12-8-11(15(20)21)9-13(16-12)17(4)10-14(19)18(6-2)7-3/h8-9H,5-7,10H2,1-4H3,(H,20,21). The quantitative estimate of drug-likeness (QED) is 0.827. The highest BCUT2D eigenvalue weighted by atomic mass is 16.4. The normalized spacial score (nSPS) is 10.3. The van der Waals surface area contributed by atoms with E-state index < -0.39 is 5.97 Å². The smallest absolute Gasteiger partial charge is 0.335 e. The molecule has 1 rings (SSSR count). The van der Waals surface area contributed by atoms with Crippen molar-refractivity contribution in [2.45, 2.75) is 27.2 Å². The van der Waals surface area contributed by atoms with Crippen LogP contribution in [-0.2, 0) is 11.2 Å². The molecular formula is C15H23N3O3. The molecule has 1 aromatic heterocycles. The van der Waals surface area contributed by atoms with E-state index in [0.29, 0.717) is 31.0 Å². The summed E-state index contributed by atoms with van der Waals surface area (Å²) in [5, 5.41) is 9.14. The topological polar surface area (TPSA) is 73.7 Å². The summed E-state index contributed by atoms with van der Waals surface area (Å²) in [6.07, 6.45) is 0.645. The minimum atomic E-state index is -0.989. The van der Waals surface area contributed by atoms with Crippen molar-refractivity contribution in [2.24, 2.45) is 0 Å². The number of carbonyl (C=O) groups excluding carboxylic acids is 1. The maximum atomic E-state index is 12.1. The number of hydrogen-bond acceptors (Lipinski definition) is 4. The van der Waals surface area contributed by atoms with Crippen LogP contribution in [0.25, 0.3) is 0 Å². The third-order valence-electron chi connectivity index (χ3n) is 3.35. The highest BCUT2D eigenvalue weighted by Crippen LogP contribution is 2.15. The highest BCUT2D eigenvalue weighted by Gasteiger charge is 2.16. The van der Waals surface area contributed by atoms with Crippen molar-refractivity contribution in [3.05, 3.63) is 23.4 Å². The van der Waals surface area contributed by atoms with Gasteiger partial charge in [-0.2, -0.15) is 0 Å². The molecule has 0 aliphatic carbocycles. The highest BCUT2D eigenvalue weighted by molar-refractivity contribution is 5.89. The zero-order valence-electron chi connectivity index (χ0n) is 13.1. The molecule has 1 N–H and O–H groups in total. The van der Waals surface area contributed by atoms with Gasteiger partial charge in [0.15, 0.2) is 0 Å². The summed E-state index contributed by atoms with van der Waals surface area (Å²) in [4.78, 5) is 31.1. The van der Waals surface area contributed by atoms with E-state index in [4.69, 9.17) is 5.11 Å². The molecule has 21 heavy (non-hydrogen) atoms. The van der Waals surface area contributed by atoms with E-state index in [2.05, 4.69) is 4.98 Å². The minimum Gasteiger partial charge on any atom is -0.478 e. The second kappa shape index (κ2) is 7.61. The number of likely N-dealkylation sites (N-methyl/N-ethyl adjacent to an activating group) is 2. The van der Waals surface area contributed by atoms with Gasteiger partial charge in [0.05, 0.1) is 12.1 Å². The van der Waals surface area contributed by atoms with Crippen LogP contribution in [0.2, 0.25) is 0 Å². The SMILES string of the molecule is CCc1cc(C(=O)O)cc(N(C)CC(=O)N(CC)CC)n1. The van der Waals surface area contributed by atoms with E-state index >= 15 is 0 Å². The van der Waals surface area contributed by atoms with E-state index in [0.717, 1.165) is 0 Å². The monoisotopic (exact) mass is 293 g/mol. The Labute approximate surface area is 125 Å². The molecule has 0 aliphatic heterocycles. The third-order valence-corrected chi connectivity index (χ3v) is 3.35. The van der Waals surface area contributed by atoms with E-state index in [1.165, 1.54) is 6.07 Å². The van der Waals surface area contributed by atoms with Crippen LogP contribution in [0, 0.1) is 0 Å². The van der Waals surface area contributed by atoms with Crippen molar-refractivity contribution in [1.82, 2.24) is 9.88 Å². The van der Waals surface area contributed by atoms with Gasteiger partial charge in [0, 0.05) is 25.8 Å². The van der Waals surface area contributed by atoms with Crippen LogP contribution in [-0.4, -0.2) is 53.5 Å². The predicted octanol–water partition coefficient (Wildman–Crippen LogP) is 1.65. The molecular weight excluding hydrogens is 270 g/mol. The first-order valence-corrected chi connectivity index (χ1v) is 7.16. The molecule has 1 aromatic rings. The van der Waals surface area contributed by atoms with Gasteiger partial charge in [0.2, 0.25) is 5.91 Å². The molecule has 0 aromatic carbocycles. The second-order valence-corrected chi connectivity index (χ2v) is 4.79. The van der Waals surface area contributed by atoms with Gasteiger partial charge in [0.25, 0.3) is 0 Å². The van der Waals surface area contributed by atoms with Crippen LogP contribution in [0.1, 0.15) is 36.8 Å². The van der Waals surface area contributed by atoms with Gasteiger partial charge in [0.1, 0.15) is 5.82 Å². The van der Waals surface area contributed by atoms with E-state index in [-0.39, 0.29) is 18.0 Å². The van der Waals surface area contributed by atoms with Crippen molar-refractivity contribution in [1.29, 1.82) is 0 Å². The second-order valence-electron chi connectivity index (χ2n) is 4.79. The molecule has 6 heteroatoms. The molecule has 0 atom stereocenters. The van der Waals surface area contributed by atoms with Crippen LogP contribution in [0.4, 0.5) is 5.82 Å². The fourth-order valence-corrected chi connectivity index (χ4v) is 2.03. The summed E-state index contributed by atoms with van der Waals surface area (Å²) in [5.41, 5.74) is 0.894. The molecule has 116 valence electrons. The molecule has 0 aliphatic rings. The first-order valence-electron chi connectivity index (χ1n) is 7.16. The number of anilines is 1. The maximum Gasteiger partial charge on any atom is 0.335 e. The number of aryl methyl sites for hydroxylation is 1. The van der Waals surface area contributed by atoms with Gasteiger partial charge in [-0.25, -0.2) is 9.78 Å². The molecule has 0 saturated carbocycles. The van der Waals surface area contributed by atoms with Gasteiger partial charge in [-0.05, 0) is 32.4 Å². The van der Waals surface area contributed by atoms with E-state index in [9.17, 15) is 9.59 Å². The van der Waals surface area contributed by atoms with Gasteiger partial charge in [-0.1, -0.05) is 6.92 Å². The fourth-order valence-electron chi connectivity index (χ4n) is 2.03. The van der Waals surface area contributed by atoms with Gasteiger partial charge < -0.3 is 14.9 Å². The number of carboxylic acid groups (broad SMARTS) is 1. The molecule has 0 unspecified atom stereocenters. The Balaban J connectivity index is 2.96. The fraction of sp³-hybridized carbons (Fsp3) is 0.533. The Morgan fingerprint density at radius 3 is 2.29 bits per heavy atom. The van der Waals surface area contributed by atoms with Crippen LogP contribution < -0.4 is 4.90 Å². The van der Waals surface area contributed by atoms with Crippen LogP contribution in [0.3, 0.4) is 0 Å². The first-order chi connectivity index (χ1) is 9.92. The largest absolute Gasteiger partial charge is 0.478 e. The van der Waals surface area contributed by atoms with Crippen LogP contribution in [0.15, 0.2) is 12.1 Å². The summed E-state index contributed by atoms with van der Waals surface area (Å²) in [5.74, 6) is -0.479. The maximum absolute atomic E-state index is 12.1. The number of amides is 1. The molecule has 0 radical (unpaired) electrons. The van der Waals surface area contributed by atoms with Gasteiger partial charge >= 0.3 is 5.97 Å². The number of nitrogens with zero attached hydrogens (tertiary/aromatic N) is 3. The number of carboxylic acids is 1. The molecule has 0 saturated heterocycles. The number of carbonyl (C=O) groups is 2. The average molecular weight is 293 g/mol. The average Bonchev–Trinajstić information content (AvgIpc) is 2.47. The van der Waals surface area contributed by atoms with Crippen molar-refractivity contribution >= 4 is 17.7 Å². The Morgan fingerprint density at radius 2 is 1.81 bits per heavy atom. The number of rotatable bonds is 7. The van der Waals surface area contributed by atoms with E-state index in [1.807, 2.05) is 20.8 Å². The summed E-state index contributed by atoms with van der Waals surface area (Å²) < 4.78 is 0. The zero-order chi connectivity index (χ0) is 16.0. The summed E-state index contributed by atoms with van der Waals surface area (Å²) >= 11 is 0. The van der Waals surface area contributed by atoms with Crippen molar-refractivity contribution in [3.63, 3.8) is 0 Å². The third kappa shape index (κ3) is 4.44. The molecule has 0 spiro atoms. The van der Waals surface area contributed by atoms with Crippen molar-refractivity contribution < 1.29 is 14.7 Å². The predicted molar refractivity (Wildman–Crippen MR) is 81.8 cm³/mol. The Morgan fingerprint density at radius 1 is 1.19 bits per heavy atom. The Bertz CT molecular complexity index is 513. The molecule has 6 nitrogen and oxygen atoms in total. The van der Waals surface area contributed by atoms with E-state index in [1.54, 1.807) is 22.9 Å². The summed E-state index contributed by atoms with van der Waals surface area (Å²) in [7, 11) is 1.74. The lowest BCUT2D eigenvalue weighted by Crippen LogP contribution is -2.39. The lowest BCUT2D eigenvalue weighted by Gasteiger charge is -2.24. The lowest BCUT2D eigenvalue weighted by molar-refractivity contribution is -0.129. The molecule has 0 fully saturated rings. The number of aromatic nitrogens is 1. The molecule has 1 heterocycles. The Hall–Kier alpha value is -2.11. The summed E-state index contributed by atoms with van der Waals surface area (Å²) in [6, 6.07) is 3.06. The van der Waals surface area contributed by atoms with Gasteiger partial charge in [-0.3, -0.25) is 4.79 Å². The van der Waals surface area contributed by atoms with Crippen molar-refractivity contribution in [2.75, 3.05) is 31.6 Å². The number of hydrogen-bond donors (Lipinski definition) is 1. The van der Waals surface area contributed by atoms with Gasteiger partial charge in [-0.15, -0.1) is 0 Å². The zero-order valence-corrected chi connectivity index (χ0v) is 13.1. The summed E-state index contributed by atoms with van der Waals surface area (Å²) in [6.45, 7) is 7.28. The molecule has 1 amide bonds. The van der Waals surface area contributed by atoms with Crippen LogP contribution in [0.5, 0.6) is 0 Å². The lowest BCUT2D eigenvalue weighted by atomic mass is 10.2. The first kappa shape index (κ1) is 16.9. The number of aromatic carboxylic acids is 1. The van der Waals surface area contributed by atoms with Crippen LogP contribution >= 0.6 is 0 Å².